The predicted molar refractivity (Wildman–Crippen MR) is 98.7 cm³/mol. The van der Waals surface area contributed by atoms with Gasteiger partial charge in [0.25, 0.3) is 5.91 Å². The second-order valence-corrected chi connectivity index (χ2v) is 6.70. The first kappa shape index (κ1) is 19.8. The normalized spacial score (nSPS) is 18.9. The molecule has 2 aromatic rings. The molecule has 0 bridgehead atoms. The van der Waals surface area contributed by atoms with Gasteiger partial charge >= 0.3 is 6.03 Å². The van der Waals surface area contributed by atoms with Crippen LogP contribution in [0.4, 0.5) is 19.3 Å². The third-order valence-corrected chi connectivity index (χ3v) is 4.79. The van der Waals surface area contributed by atoms with E-state index in [9.17, 15) is 23.2 Å². The van der Waals surface area contributed by atoms with Crippen LogP contribution in [0.1, 0.15) is 18.9 Å². The Hall–Kier alpha value is -3.00. The molecule has 0 aromatic heterocycles. The molecule has 28 heavy (non-hydrogen) atoms. The summed E-state index contributed by atoms with van der Waals surface area (Å²) in [6.07, 6.45) is 0.202. The lowest BCUT2D eigenvalue weighted by molar-refractivity contribution is -0.134. The number of rotatable bonds is 5. The van der Waals surface area contributed by atoms with E-state index in [0.717, 1.165) is 11.0 Å². The van der Waals surface area contributed by atoms with E-state index in [0.29, 0.717) is 5.56 Å². The molecule has 1 heterocycles. The largest absolute Gasteiger partial charge is 0.325 e. The number of amides is 4. The number of halogens is 3. The monoisotopic (exact) mass is 407 g/mol. The molecule has 146 valence electrons. The maximum absolute atomic E-state index is 13.8. The van der Waals surface area contributed by atoms with Crippen LogP contribution in [0, 0.1) is 11.6 Å². The number of anilines is 1. The minimum atomic E-state index is -1.39. The fourth-order valence-corrected chi connectivity index (χ4v) is 3.23. The highest BCUT2D eigenvalue weighted by Gasteiger charge is 2.51. The van der Waals surface area contributed by atoms with Crippen LogP contribution in [-0.2, 0) is 15.1 Å². The van der Waals surface area contributed by atoms with Crippen LogP contribution < -0.4 is 10.6 Å². The Balaban J connectivity index is 1.79. The van der Waals surface area contributed by atoms with Crippen LogP contribution in [0.3, 0.4) is 0 Å². The molecular weight excluding hydrogens is 392 g/mol. The summed E-state index contributed by atoms with van der Waals surface area (Å²) in [5, 5.41) is 5.05. The van der Waals surface area contributed by atoms with Crippen molar-refractivity contribution in [1.29, 1.82) is 0 Å². The van der Waals surface area contributed by atoms with Crippen molar-refractivity contribution >= 4 is 35.1 Å². The van der Waals surface area contributed by atoms with E-state index in [4.69, 9.17) is 11.6 Å². The highest BCUT2D eigenvalue weighted by molar-refractivity contribution is 6.30. The zero-order chi connectivity index (χ0) is 20.5. The van der Waals surface area contributed by atoms with E-state index >= 15 is 0 Å². The van der Waals surface area contributed by atoms with E-state index in [-0.39, 0.29) is 17.1 Å². The van der Waals surface area contributed by atoms with Crippen molar-refractivity contribution in [2.24, 2.45) is 0 Å². The van der Waals surface area contributed by atoms with Gasteiger partial charge in [-0.3, -0.25) is 14.5 Å². The molecule has 4 amide bonds. The van der Waals surface area contributed by atoms with Crippen molar-refractivity contribution in [3.63, 3.8) is 0 Å². The standard InChI is InChI=1S/C19H16ClF2N3O3/c1-2-19(11-3-6-13(21)7-4-11)17(27)25(18(28)24-19)10-16(26)23-15-8-5-12(20)9-14(15)22/h3-9H,2,10H2,1H3,(H,23,26)(H,24,28). The summed E-state index contributed by atoms with van der Waals surface area (Å²) in [4.78, 5) is 38.3. The highest BCUT2D eigenvalue weighted by Crippen LogP contribution is 2.32. The quantitative estimate of drug-likeness (QED) is 0.745. The van der Waals surface area contributed by atoms with Crippen molar-refractivity contribution in [2.45, 2.75) is 18.9 Å². The lowest BCUT2D eigenvalue weighted by Gasteiger charge is -2.25. The molecule has 0 saturated carbocycles. The van der Waals surface area contributed by atoms with Crippen LogP contribution in [0.5, 0.6) is 0 Å². The van der Waals surface area contributed by atoms with Gasteiger partial charge in [-0.1, -0.05) is 30.7 Å². The topological polar surface area (TPSA) is 78.5 Å². The summed E-state index contributed by atoms with van der Waals surface area (Å²) in [7, 11) is 0. The van der Waals surface area contributed by atoms with Gasteiger partial charge in [0.2, 0.25) is 5.91 Å². The first-order chi connectivity index (χ1) is 13.3. The molecule has 0 aliphatic carbocycles. The van der Waals surface area contributed by atoms with Gasteiger partial charge in [0.05, 0.1) is 5.69 Å². The molecule has 1 saturated heterocycles. The van der Waals surface area contributed by atoms with Crippen molar-refractivity contribution in [3.05, 3.63) is 64.7 Å². The molecule has 2 aromatic carbocycles. The predicted octanol–water partition coefficient (Wildman–Crippen LogP) is 3.41. The van der Waals surface area contributed by atoms with Gasteiger partial charge in [0.15, 0.2) is 0 Å². The van der Waals surface area contributed by atoms with Gasteiger partial charge in [-0.25, -0.2) is 13.6 Å². The maximum atomic E-state index is 13.8. The number of carbonyl (C=O) groups excluding carboxylic acids is 3. The van der Waals surface area contributed by atoms with Gasteiger partial charge in [0, 0.05) is 5.02 Å². The van der Waals surface area contributed by atoms with Gasteiger partial charge in [-0.05, 0) is 42.3 Å². The minimum absolute atomic E-state index is 0.123. The molecule has 0 spiro atoms. The molecular formula is C19H16ClF2N3O3. The fraction of sp³-hybridized carbons (Fsp3) is 0.211. The number of carbonyl (C=O) groups is 3. The van der Waals surface area contributed by atoms with E-state index < -0.39 is 41.6 Å². The van der Waals surface area contributed by atoms with E-state index in [1.54, 1.807) is 6.92 Å². The van der Waals surface area contributed by atoms with E-state index in [1.807, 2.05) is 0 Å². The Bertz CT molecular complexity index is 952. The Morgan fingerprint density at radius 3 is 2.46 bits per heavy atom. The lowest BCUT2D eigenvalue weighted by Crippen LogP contribution is -2.44. The third-order valence-electron chi connectivity index (χ3n) is 4.55. The molecule has 3 rings (SSSR count). The average molecular weight is 408 g/mol. The summed E-state index contributed by atoms with van der Waals surface area (Å²) < 4.78 is 27.0. The first-order valence-electron chi connectivity index (χ1n) is 8.42. The Morgan fingerprint density at radius 2 is 1.86 bits per heavy atom. The number of urea groups is 1. The zero-order valence-electron chi connectivity index (χ0n) is 14.8. The molecule has 0 radical (unpaired) electrons. The molecule has 2 N–H and O–H groups in total. The van der Waals surface area contributed by atoms with Crippen LogP contribution in [0.25, 0.3) is 0 Å². The van der Waals surface area contributed by atoms with Crippen molar-refractivity contribution in [3.8, 4) is 0 Å². The Kier molecular flexibility index (Phi) is 5.33. The van der Waals surface area contributed by atoms with Gasteiger partial charge in [-0.15, -0.1) is 0 Å². The summed E-state index contributed by atoms with van der Waals surface area (Å²) in [6.45, 7) is 1.09. The molecule has 1 unspecified atom stereocenters. The third kappa shape index (κ3) is 3.55. The number of benzene rings is 2. The van der Waals surface area contributed by atoms with Crippen LogP contribution >= 0.6 is 11.6 Å². The molecule has 1 aliphatic heterocycles. The smallest absolute Gasteiger partial charge is 0.322 e. The number of imide groups is 1. The fourth-order valence-electron chi connectivity index (χ4n) is 3.07. The number of nitrogens with one attached hydrogen (secondary N) is 2. The molecule has 9 heteroatoms. The molecule has 6 nitrogen and oxygen atoms in total. The number of nitrogens with zero attached hydrogens (tertiary/aromatic N) is 1. The number of hydrogen-bond donors (Lipinski definition) is 2. The second-order valence-electron chi connectivity index (χ2n) is 6.26. The summed E-state index contributed by atoms with van der Waals surface area (Å²) in [6, 6.07) is 8.12. The number of hydrogen-bond acceptors (Lipinski definition) is 3. The van der Waals surface area contributed by atoms with E-state index in [2.05, 4.69) is 10.6 Å². The maximum Gasteiger partial charge on any atom is 0.325 e. The van der Waals surface area contributed by atoms with Crippen molar-refractivity contribution < 1.29 is 23.2 Å². The lowest BCUT2D eigenvalue weighted by atomic mass is 9.87. The zero-order valence-corrected chi connectivity index (χ0v) is 15.5. The van der Waals surface area contributed by atoms with Crippen molar-refractivity contribution in [1.82, 2.24) is 10.2 Å². The van der Waals surface area contributed by atoms with Crippen molar-refractivity contribution in [2.75, 3.05) is 11.9 Å². The van der Waals surface area contributed by atoms with Gasteiger partial charge in [-0.2, -0.15) is 0 Å². The van der Waals surface area contributed by atoms with E-state index in [1.165, 1.54) is 36.4 Å². The summed E-state index contributed by atoms with van der Waals surface area (Å²) in [5.74, 6) is -2.62. The van der Waals surface area contributed by atoms with Crippen LogP contribution in [0.15, 0.2) is 42.5 Å². The molecule has 1 aliphatic rings. The molecule has 1 atom stereocenters. The summed E-state index contributed by atoms with van der Waals surface area (Å²) >= 11 is 5.66. The van der Waals surface area contributed by atoms with Crippen LogP contribution in [0.2, 0.25) is 5.02 Å². The SMILES string of the molecule is CCC1(c2ccc(F)cc2)NC(=O)N(CC(=O)Nc2ccc(Cl)cc2F)C1=O. The highest BCUT2D eigenvalue weighted by atomic mass is 35.5. The van der Waals surface area contributed by atoms with Gasteiger partial charge < -0.3 is 10.6 Å². The Labute approximate surface area is 164 Å². The summed E-state index contributed by atoms with van der Waals surface area (Å²) in [5.41, 5.74) is -1.11. The van der Waals surface area contributed by atoms with Gasteiger partial charge in [0.1, 0.15) is 23.7 Å². The second kappa shape index (κ2) is 7.55. The first-order valence-corrected chi connectivity index (χ1v) is 8.79. The average Bonchev–Trinajstić information content (AvgIpc) is 2.90. The molecule has 1 fully saturated rings. The minimum Gasteiger partial charge on any atom is -0.322 e. The Morgan fingerprint density at radius 1 is 1.18 bits per heavy atom. The van der Waals surface area contributed by atoms with Crippen LogP contribution in [-0.4, -0.2) is 29.3 Å².